The van der Waals surface area contributed by atoms with E-state index in [0.717, 1.165) is 24.1 Å². The number of fused-ring (bicyclic) bond motifs is 1. The van der Waals surface area contributed by atoms with E-state index in [0.29, 0.717) is 0 Å². The first kappa shape index (κ1) is 8.09. The van der Waals surface area contributed by atoms with Crippen molar-refractivity contribution in [1.82, 2.24) is 4.90 Å². The summed E-state index contributed by atoms with van der Waals surface area (Å²) in [6.45, 7) is 4.44. The summed E-state index contributed by atoms with van der Waals surface area (Å²) in [5.74, 6) is 2.71. The van der Waals surface area contributed by atoms with Crippen molar-refractivity contribution in [2.45, 2.75) is 32.6 Å². The van der Waals surface area contributed by atoms with Gasteiger partial charge in [0.1, 0.15) is 0 Å². The highest BCUT2D eigenvalue weighted by molar-refractivity contribution is 5.79. The minimum atomic E-state index is 0.851. The third kappa shape index (κ3) is 1.23. The predicted molar refractivity (Wildman–Crippen MR) is 50.4 cm³/mol. The molecule has 1 saturated heterocycles. The zero-order chi connectivity index (χ0) is 8.55. The molecule has 2 atom stereocenters. The molecule has 0 aromatic rings. The number of rotatable bonds is 1. The van der Waals surface area contributed by atoms with Gasteiger partial charge in [0.2, 0.25) is 0 Å². The van der Waals surface area contributed by atoms with Gasteiger partial charge >= 0.3 is 0 Å². The monoisotopic (exact) mass is 166 g/mol. The van der Waals surface area contributed by atoms with E-state index in [4.69, 9.17) is 5.41 Å². The topological polar surface area (TPSA) is 27.1 Å². The van der Waals surface area contributed by atoms with Crippen molar-refractivity contribution in [3.8, 4) is 0 Å². The number of nitrogens with zero attached hydrogens (tertiary/aromatic N) is 1. The molecular weight excluding hydrogens is 148 g/mol. The number of hydrogen-bond acceptors (Lipinski definition) is 1. The molecule has 0 aromatic carbocycles. The van der Waals surface area contributed by atoms with Crippen LogP contribution < -0.4 is 0 Å². The minimum absolute atomic E-state index is 0.851. The van der Waals surface area contributed by atoms with Gasteiger partial charge < -0.3 is 4.90 Å². The fourth-order valence-corrected chi connectivity index (χ4v) is 2.68. The fraction of sp³-hybridized carbons (Fsp3) is 0.900. The summed E-state index contributed by atoms with van der Waals surface area (Å²) in [4.78, 5) is 2.29. The van der Waals surface area contributed by atoms with Gasteiger partial charge in [-0.1, -0.05) is 13.3 Å². The number of hydrogen-bond donors (Lipinski definition) is 1. The molecule has 1 aliphatic heterocycles. The van der Waals surface area contributed by atoms with Crippen molar-refractivity contribution in [2.24, 2.45) is 11.8 Å². The lowest BCUT2D eigenvalue weighted by atomic mass is 10.0. The molecule has 2 unspecified atom stereocenters. The van der Waals surface area contributed by atoms with Gasteiger partial charge in [0, 0.05) is 19.5 Å². The third-order valence-corrected chi connectivity index (χ3v) is 3.44. The maximum absolute atomic E-state index is 7.74. The third-order valence-electron chi connectivity index (χ3n) is 3.44. The second-order valence-corrected chi connectivity index (χ2v) is 4.16. The molecule has 0 bridgehead atoms. The van der Waals surface area contributed by atoms with Crippen molar-refractivity contribution in [3.05, 3.63) is 0 Å². The Hall–Kier alpha value is -0.530. The highest BCUT2D eigenvalue weighted by Crippen LogP contribution is 2.37. The Bertz CT molecular complexity index is 176. The molecule has 2 rings (SSSR count). The first-order valence-corrected chi connectivity index (χ1v) is 5.13. The van der Waals surface area contributed by atoms with Crippen LogP contribution in [0.5, 0.6) is 0 Å². The Morgan fingerprint density at radius 1 is 1.33 bits per heavy atom. The number of likely N-dealkylation sites (tertiary alicyclic amines) is 1. The van der Waals surface area contributed by atoms with E-state index >= 15 is 0 Å². The van der Waals surface area contributed by atoms with E-state index in [1.165, 1.54) is 32.4 Å². The standard InChI is InChI=1S/C10H18N2/c1-2-10(11)12-6-8-4-3-5-9(8)7-12/h8-9,11H,2-7H2,1H3. The fourth-order valence-electron chi connectivity index (χ4n) is 2.68. The summed E-state index contributed by atoms with van der Waals surface area (Å²) >= 11 is 0. The number of nitrogens with one attached hydrogen (secondary N) is 1. The van der Waals surface area contributed by atoms with Crippen LogP contribution in [0.3, 0.4) is 0 Å². The molecule has 12 heavy (non-hydrogen) atoms. The summed E-state index contributed by atoms with van der Waals surface area (Å²) < 4.78 is 0. The largest absolute Gasteiger partial charge is 0.360 e. The van der Waals surface area contributed by atoms with E-state index in [2.05, 4.69) is 11.8 Å². The Morgan fingerprint density at radius 2 is 1.92 bits per heavy atom. The van der Waals surface area contributed by atoms with Crippen molar-refractivity contribution in [1.29, 1.82) is 5.41 Å². The van der Waals surface area contributed by atoms with Gasteiger partial charge in [-0.2, -0.15) is 0 Å². The van der Waals surface area contributed by atoms with Crippen LogP contribution in [0.25, 0.3) is 0 Å². The van der Waals surface area contributed by atoms with Crippen molar-refractivity contribution in [3.63, 3.8) is 0 Å². The van der Waals surface area contributed by atoms with Crippen LogP contribution in [-0.4, -0.2) is 23.8 Å². The van der Waals surface area contributed by atoms with E-state index in [9.17, 15) is 0 Å². The lowest BCUT2D eigenvalue weighted by molar-refractivity contribution is 0.453. The zero-order valence-electron chi connectivity index (χ0n) is 7.84. The van der Waals surface area contributed by atoms with Crippen molar-refractivity contribution < 1.29 is 0 Å². The Morgan fingerprint density at radius 3 is 2.42 bits per heavy atom. The Balaban J connectivity index is 1.94. The molecular formula is C10H18N2. The molecule has 0 amide bonds. The van der Waals surface area contributed by atoms with Gasteiger partial charge in [-0.15, -0.1) is 0 Å². The van der Waals surface area contributed by atoms with E-state index < -0.39 is 0 Å². The molecule has 1 aliphatic carbocycles. The van der Waals surface area contributed by atoms with Crippen molar-refractivity contribution >= 4 is 5.84 Å². The Kier molecular flexibility index (Phi) is 2.07. The van der Waals surface area contributed by atoms with Gasteiger partial charge in [-0.25, -0.2) is 0 Å². The first-order chi connectivity index (χ1) is 5.81. The molecule has 1 N–H and O–H groups in total. The summed E-state index contributed by atoms with van der Waals surface area (Å²) in [6.07, 6.45) is 5.17. The zero-order valence-corrected chi connectivity index (χ0v) is 7.84. The van der Waals surface area contributed by atoms with Crippen LogP contribution in [-0.2, 0) is 0 Å². The van der Waals surface area contributed by atoms with Gasteiger partial charge in [-0.3, -0.25) is 5.41 Å². The van der Waals surface area contributed by atoms with Crippen LogP contribution in [0, 0.1) is 17.2 Å². The minimum Gasteiger partial charge on any atom is -0.360 e. The van der Waals surface area contributed by atoms with Gasteiger partial charge in [0.25, 0.3) is 0 Å². The molecule has 2 aliphatic rings. The van der Waals surface area contributed by atoms with Gasteiger partial charge in [0.15, 0.2) is 0 Å². The molecule has 0 spiro atoms. The number of amidine groups is 1. The molecule has 68 valence electrons. The molecule has 1 saturated carbocycles. The first-order valence-electron chi connectivity index (χ1n) is 5.13. The van der Waals surface area contributed by atoms with E-state index in [1.54, 1.807) is 0 Å². The highest BCUT2D eigenvalue weighted by Gasteiger charge is 2.36. The maximum atomic E-state index is 7.74. The predicted octanol–water partition coefficient (Wildman–Crippen LogP) is 2.11. The molecule has 0 radical (unpaired) electrons. The van der Waals surface area contributed by atoms with Crippen LogP contribution in [0.2, 0.25) is 0 Å². The van der Waals surface area contributed by atoms with Crippen LogP contribution in [0.4, 0.5) is 0 Å². The molecule has 2 nitrogen and oxygen atoms in total. The van der Waals surface area contributed by atoms with Gasteiger partial charge in [-0.05, 0) is 24.7 Å². The second kappa shape index (κ2) is 3.08. The summed E-state index contributed by atoms with van der Waals surface area (Å²) in [5, 5.41) is 7.74. The lowest BCUT2D eigenvalue weighted by Crippen LogP contribution is -2.27. The van der Waals surface area contributed by atoms with Crippen LogP contribution in [0.1, 0.15) is 32.6 Å². The normalized spacial score (nSPS) is 33.9. The summed E-state index contributed by atoms with van der Waals surface area (Å²) in [5.41, 5.74) is 0. The molecule has 0 aromatic heterocycles. The lowest BCUT2D eigenvalue weighted by Gasteiger charge is -2.18. The molecule has 1 heterocycles. The highest BCUT2D eigenvalue weighted by atomic mass is 15.2. The second-order valence-electron chi connectivity index (χ2n) is 4.16. The van der Waals surface area contributed by atoms with Crippen molar-refractivity contribution in [2.75, 3.05) is 13.1 Å². The molecule has 2 fully saturated rings. The quantitative estimate of drug-likeness (QED) is 0.469. The Labute approximate surface area is 74.5 Å². The van der Waals surface area contributed by atoms with E-state index in [1.807, 2.05) is 0 Å². The summed E-state index contributed by atoms with van der Waals surface area (Å²) in [7, 11) is 0. The van der Waals surface area contributed by atoms with Gasteiger partial charge in [0.05, 0.1) is 5.84 Å². The maximum Gasteiger partial charge on any atom is 0.0955 e. The molecule has 2 heteroatoms. The SMILES string of the molecule is CCC(=N)N1CC2CCCC2C1. The van der Waals surface area contributed by atoms with E-state index in [-0.39, 0.29) is 0 Å². The van der Waals surface area contributed by atoms with Crippen LogP contribution in [0.15, 0.2) is 0 Å². The van der Waals surface area contributed by atoms with Crippen LogP contribution >= 0.6 is 0 Å². The smallest absolute Gasteiger partial charge is 0.0955 e. The average Bonchev–Trinajstić information content (AvgIpc) is 2.60. The summed E-state index contributed by atoms with van der Waals surface area (Å²) in [6, 6.07) is 0. The average molecular weight is 166 g/mol.